The minimum atomic E-state index is 0.632. The summed E-state index contributed by atoms with van der Waals surface area (Å²) in [7, 11) is 0. The molecule has 2 aliphatic rings. The SMILES string of the molecule is CC1CCC(N2CCCC(NC(C)C)C2)C1. The van der Waals surface area contributed by atoms with Gasteiger partial charge in [-0.1, -0.05) is 20.8 Å². The van der Waals surface area contributed by atoms with E-state index in [1.54, 1.807) is 0 Å². The van der Waals surface area contributed by atoms with Gasteiger partial charge < -0.3 is 5.32 Å². The molecule has 1 saturated carbocycles. The number of nitrogens with zero attached hydrogens (tertiary/aromatic N) is 1. The molecule has 2 heteroatoms. The second-order valence-corrected chi connectivity index (χ2v) is 6.23. The van der Waals surface area contributed by atoms with E-state index in [-0.39, 0.29) is 0 Å². The predicted molar refractivity (Wildman–Crippen MR) is 69.7 cm³/mol. The molecule has 0 radical (unpaired) electrons. The third-order valence-electron chi connectivity index (χ3n) is 4.21. The molecule has 0 spiro atoms. The van der Waals surface area contributed by atoms with E-state index in [0.717, 1.165) is 18.0 Å². The zero-order valence-electron chi connectivity index (χ0n) is 11.2. The third-order valence-corrected chi connectivity index (χ3v) is 4.21. The molecule has 0 bridgehead atoms. The number of piperidine rings is 1. The van der Waals surface area contributed by atoms with Crippen LogP contribution in [0, 0.1) is 5.92 Å². The van der Waals surface area contributed by atoms with Gasteiger partial charge in [-0.3, -0.25) is 4.90 Å². The van der Waals surface area contributed by atoms with Gasteiger partial charge in [-0.15, -0.1) is 0 Å². The highest BCUT2D eigenvalue weighted by Crippen LogP contribution is 2.30. The van der Waals surface area contributed by atoms with Crippen LogP contribution in [-0.4, -0.2) is 36.1 Å². The van der Waals surface area contributed by atoms with E-state index < -0.39 is 0 Å². The molecule has 1 heterocycles. The van der Waals surface area contributed by atoms with Crippen LogP contribution < -0.4 is 5.32 Å². The lowest BCUT2D eigenvalue weighted by Gasteiger charge is -2.38. The Morgan fingerprint density at radius 3 is 2.62 bits per heavy atom. The van der Waals surface area contributed by atoms with Gasteiger partial charge in [0.05, 0.1) is 0 Å². The van der Waals surface area contributed by atoms with Crippen molar-refractivity contribution >= 4 is 0 Å². The van der Waals surface area contributed by atoms with Gasteiger partial charge in [0, 0.05) is 24.7 Å². The highest BCUT2D eigenvalue weighted by Gasteiger charge is 2.30. The van der Waals surface area contributed by atoms with E-state index in [2.05, 4.69) is 31.0 Å². The molecule has 2 nitrogen and oxygen atoms in total. The molecule has 0 aromatic carbocycles. The Hall–Kier alpha value is -0.0800. The van der Waals surface area contributed by atoms with Crippen LogP contribution in [-0.2, 0) is 0 Å². The van der Waals surface area contributed by atoms with Gasteiger partial charge in [0.15, 0.2) is 0 Å². The van der Waals surface area contributed by atoms with Crippen molar-refractivity contribution in [3.8, 4) is 0 Å². The molecule has 0 amide bonds. The molecule has 1 aliphatic carbocycles. The summed E-state index contributed by atoms with van der Waals surface area (Å²) in [5.74, 6) is 0.962. The number of nitrogens with one attached hydrogen (secondary N) is 1. The fourth-order valence-corrected chi connectivity index (χ4v) is 3.45. The third kappa shape index (κ3) is 3.21. The molecule has 2 fully saturated rings. The van der Waals surface area contributed by atoms with Crippen LogP contribution in [0.4, 0.5) is 0 Å². The Labute approximate surface area is 101 Å². The lowest BCUT2D eigenvalue weighted by molar-refractivity contribution is 0.133. The Morgan fingerprint density at radius 1 is 1.19 bits per heavy atom. The van der Waals surface area contributed by atoms with Crippen LogP contribution >= 0.6 is 0 Å². The largest absolute Gasteiger partial charge is 0.311 e. The Morgan fingerprint density at radius 2 is 2.00 bits per heavy atom. The van der Waals surface area contributed by atoms with E-state index in [1.165, 1.54) is 45.2 Å². The smallest absolute Gasteiger partial charge is 0.0197 e. The van der Waals surface area contributed by atoms with Crippen LogP contribution in [0.1, 0.15) is 52.9 Å². The van der Waals surface area contributed by atoms with E-state index in [1.807, 2.05) is 0 Å². The molecular formula is C14H28N2. The molecule has 0 aromatic heterocycles. The predicted octanol–water partition coefficient (Wildman–Crippen LogP) is 2.64. The van der Waals surface area contributed by atoms with Crippen LogP contribution in [0.25, 0.3) is 0 Å². The van der Waals surface area contributed by atoms with E-state index in [9.17, 15) is 0 Å². The van der Waals surface area contributed by atoms with Crippen molar-refractivity contribution in [2.24, 2.45) is 5.92 Å². The second-order valence-electron chi connectivity index (χ2n) is 6.23. The summed E-state index contributed by atoms with van der Waals surface area (Å²) in [6.07, 6.45) is 7.08. The van der Waals surface area contributed by atoms with Crippen molar-refractivity contribution in [3.63, 3.8) is 0 Å². The minimum absolute atomic E-state index is 0.632. The molecule has 1 saturated heterocycles. The number of hydrogen-bond donors (Lipinski definition) is 1. The molecule has 2 rings (SSSR count). The van der Waals surface area contributed by atoms with Crippen LogP contribution in [0.3, 0.4) is 0 Å². The quantitative estimate of drug-likeness (QED) is 0.793. The molecule has 3 atom stereocenters. The normalized spacial score (nSPS) is 37.1. The molecule has 0 aromatic rings. The highest BCUT2D eigenvalue weighted by atomic mass is 15.2. The maximum absolute atomic E-state index is 3.70. The molecule has 1 N–H and O–H groups in total. The average molecular weight is 224 g/mol. The molecule has 3 unspecified atom stereocenters. The summed E-state index contributed by atoms with van der Waals surface area (Å²) in [6, 6.07) is 2.27. The first-order valence-corrected chi connectivity index (χ1v) is 7.15. The zero-order chi connectivity index (χ0) is 11.5. The van der Waals surface area contributed by atoms with E-state index in [4.69, 9.17) is 0 Å². The van der Waals surface area contributed by atoms with Gasteiger partial charge in [-0.05, 0) is 44.6 Å². The van der Waals surface area contributed by atoms with Gasteiger partial charge in [-0.25, -0.2) is 0 Å². The minimum Gasteiger partial charge on any atom is -0.311 e. The van der Waals surface area contributed by atoms with Crippen molar-refractivity contribution in [1.29, 1.82) is 0 Å². The lowest BCUT2D eigenvalue weighted by Crippen LogP contribution is -2.50. The summed E-state index contributed by atoms with van der Waals surface area (Å²) in [5.41, 5.74) is 0. The monoisotopic (exact) mass is 224 g/mol. The number of rotatable bonds is 3. The van der Waals surface area contributed by atoms with E-state index >= 15 is 0 Å². The first-order valence-electron chi connectivity index (χ1n) is 7.15. The first-order chi connectivity index (χ1) is 7.65. The molecular weight excluding hydrogens is 196 g/mol. The van der Waals surface area contributed by atoms with Crippen molar-refractivity contribution < 1.29 is 0 Å². The van der Waals surface area contributed by atoms with Crippen LogP contribution in [0.2, 0.25) is 0 Å². The Kier molecular flexibility index (Phi) is 4.26. The average Bonchev–Trinajstić information content (AvgIpc) is 2.64. The topological polar surface area (TPSA) is 15.3 Å². The Balaban J connectivity index is 1.82. The summed E-state index contributed by atoms with van der Waals surface area (Å²) < 4.78 is 0. The van der Waals surface area contributed by atoms with Crippen LogP contribution in [0.15, 0.2) is 0 Å². The summed E-state index contributed by atoms with van der Waals surface area (Å²) >= 11 is 0. The summed E-state index contributed by atoms with van der Waals surface area (Å²) in [5, 5.41) is 3.70. The van der Waals surface area contributed by atoms with Crippen molar-refractivity contribution in [2.75, 3.05) is 13.1 Å². The first kappa shape index (κ1) is 12.4. The van der Waals surface area contributed by atoms with Gasteiger partial charge in [0.25, 0.3) is 0 Å². The molecule has 94 valence electrons. The maximum atomic E-state index is 3.70. The fraction of sp³-hybridized carbons (Fsp3) is 1.00. The molecule has 16 heavy (non-hydrogen) atoms. The second kappa shape index (κ2) is 5.50. The van der Waals surface area contributed by atoms with Gasteiger partial charge >= 0.3 is 0 Å². The van der Waals surface area contributed by atoms with E-state index in [0.29, 0.717) is 6.04 Å². The highest BCUT2D eigenvalue weighted by molar-refractivity contribution is 4.87. The lowest BCUT2D eigenvalue weighted by atomic mass is 10.0. The standard InChI is InChI=1S/C14H28N2/c1-11(2)15-13-5-4-8-16(10-13)14-7-6-12(3)9-14/h11-15H,4-10H2,1-3H3. The van der Waals surface area contributed by atoms with Gasteiger partial charge in [0.2, 0.25) is 0 Å². The zero-order valence-corrected chi connectivity index (χ0v) is 11.2. The van der Waals surface area contributed by atoms with Gasteiger partial charge in [0.1, 0.15) is 0 Å². The summed E-state index contributed by atoms with van der Waals surface area (Å²) in [4.78, 5) is 2.76. The molecule has 1 aliphatic heterocycles. The fourth-order valence-electron chi connectivity index (χ4n) is 3.45. The number of hydrogen-bond acceptors (Lipinski definition) is 2. The maximum Gasteiger partial charge on any atom is 0.0197 e. The summed E-state index contributed by atoms with van der Waals surface area (Å²) in [6.45, 7) is 9.56. The van der Waals surface area contributed by atoms with Crippen LogP contribution in [0.5, 0.6) is 0 Å². The number of likely N-dealkylation sites (tertiary alicyclic amines) is 1. The Bertz CT molecular complexity index is 215. The van der Waals surface area contributed by atoms with Crippen molar-refractivity contribution in [2.45, 2.75) is 71.0 Å². The van der Waals surface area contributed by atoms with Gasteiger partial charge in [-0.2, -0.15) is 0 Å². The van der Waals surface area contributed by atoms with Crippen molar-refractivity contribution in [3.05, 3.63) is 0 Å². The van der Waals surface area contributed by atoms with Crippen molar-refractivity contribution in [1.82, 2.24) is 10.2 Å².